The number of nitrogens with zero attached hydrogens (tertiary/aromatic N) is 1. The summed E-state index contributed by atoms with van der Waals surface area (Å²) in [6.45, 7) is 1.57. The molecule has 0 saturated heterocycles. The van der Waals surface area contributed by atoms with E-state index >= 15 is 0 Å². The van der Waals surface area contributed by atoms with Gasteiger partial charge < -0.3 is 15.4 Å². The quantitative estimate of drug-likeness (QED) is 0.599. The van der Waals surface area contributed by atoms with Crippen molar-refractivity contribution in [2.45, 2.75) is 19.0 Å². The molecule has 2 aromatic carbocycles. The highest BCUT2D eigenvalue weighted by atomic mass is 32.1. The summed E-state index contributed by atoms with van der Waals surface area (Å²) in [6, 6.07) is 9.32. The second-order valence-corrected chi connectivity index (χ2v) is 6.15. The van der Waals surface area contributed by atoms with Crippen LogP contribution in [0, 0.1) is 11.6 Å². The Bertz CT molecular complexity index is 807. The molecule has 2 unspecified atom stereocenters. The molecule has 0 saturated carbocycles. The number of rotatable bonds is 6. The molecule has 136 valence electrons. The van der Waals surface area contributed by atoms with Crippen LogP contribution in [0.4, 0.5) is 8.78 Å². The van der Waals surface area contributed by atoms with Gasteiger partial charge in [0, 0.05) is 22.7 Å². The molecule has 0 heterocycles. The van der Waals surface area contributed by atoms with Crippen molar-refractivity contribution < 1.29 is 18.4 Å². The summed E-state index contributed by atoms with van der Waals surface area (Å²) < 4.78 is 27.2. The number of carbonyl (C=O) groups is 2. The molecule has 2 N–H and O–H groups in total. The van der Waals surface area contributed by atoms with Crippen LogP contribution in [-0.2, 0) is 4.79 Å². The Hall–Kier alpha value is -2.67. The molecular weight excluding hydrogens is 358 g/mol. The highest BCUT2D eigenvalue weighted by Gasteiger charge is 2.31. The van der Waals surface area contributed by atoms with Gasteiger partial charge in [0.05, 0.1) is 6.04 Å². The van der Waals surface area contributed by atoms with Gasteiger partial charge in [-0.05, 0) is 36.8 Å². The van der Waals surface area contributed by atoms with Crippen molar-refractivity contribution in [1.29, 1.82) is 0 Å². The number of carbonyl (C=O) groups excluding carboxylic acids is 2. The third-order valence-corrected chi connectivity index (χ3v) is 4.36. The van der Waals surface area contributed by atoms with Crippen LogP contribution in [-0.4, -0.2) is 23.1 Å². The number of benzene rings is 2. The van der Waals surface area contributed by atoms with Crippen molar-refractivity contribution in [1.82, 2.24) is 4.90 Å². The summed E-state index contributed by atoms with van der Waals surface area (Å²) in [4.78, 5) is 26.0. The summed E-state index contributed by atoms with van der Waals surface area (Å²) in [7, 11) is 0. The molecule has 2 rings (SSSR count). The molecule has 0 aliphatic heterocycles. The van der Waals surface area contributed by atoms with Crippen LogP contribution in [0.5, 0.6) is 0 Å². The molecule has 0 radical (unpaired) electrons. The second-order valence-electron chi connectivity index (χ2n) is 5.63. The smallest absolute Gasteiger partial charge is 0.255 e. The monoisotopic (exact) mass is 376 g/mol. The number of amides is 1. The van der Waals surface area contributed by atoms with Gasteiger partial charge in [-0.25, -0.2) is 8.78 Å². The zero-order valence-electron chi connectivity index (χ0n) is 14.0. The molecule has 4 nitrogen and oxygen atoms in total. The average molecular weight is 376 g/mol. The fraction of sp³-hybridized carbons (Fsp3) is 0.158. The van der Waals surface area contributed by atoms with Crippen LogP contribution in [0.25, 0.3) is 0 Å². The minimum absolute atomic E-state index is 0.146. The topological polar surface area (TPSA) is 63.4 Å². The lowest BCUT2D eigenvalue weighted by Crippen LogP contribution is -2.43. The first-order valence-corrected chi connectivity index (χ1v) is 8.23. The number of nitrogens with two attached hydrogens (primary N) is 1. The van der Waals surface area contributed by atoms with Gasteiger partial charge >= 0.3 is 0 Å². The maximum atomic E-state index is 13.6. The van der Waals surface area contributed by atoms with E-state index in [1.165, 1.54) is 4.90 Å². The van der Waals surface area contributed by atoms with Crippen molar-refractivity contribution >= 4 is 24.8 Å². The highest BCUT2D eigenvalue weighted by Crippen LogP contribution is 2.28. The molecule has 1 amide bonds. The first kappa shape index (κ1) is 19.7. The number of hydrogen-bond acceptors (Lipinski definition) is 4. The predicted molar refractivity (Wildman–Crippen MR) is 98.5 cm³/mol. The number of halogens is 2. The average Bonchev–Trinajstić information content (AvgIpc) is 2.64. The van der Waals surface area contributed by atoms with Crippen molar-refractivity contribution in [2.75, 3.05) is 0 Å². The molecule has 2 aromatic rings. The Morgan fingerprint density at radius 1 is 1.15 bits per heavy atom. The van der Waals surface area contributed by atoms with Gasteiger partial charge in [-0.15, -0.1) is 12.6 Å². The molecule has 0 bridgehead atoms. The van der Waals surface area contributed by atoms with E-state index in [9.17, 15) is 18.4 Å². The van der Waals surface area contributed by atoms with Crippen molar-refractivity contribution in [3.63, 3.8) is 0 Å². The largest absolute Gasteiger partial charge is 0.404 e. The Balaban J connectivity index is 2.55. The Labute approximate surface area is 155 Å². The normalized spacial score (nSPS) is 13.8. The molecule has 0 aromatic heterocycles. The maximum Gasteiger partial charge on any atom is 0.255 e. The Morgan fingerprint density at radius 3 is 2.23 bits per heavy atom. The van der Waals surface area contributed by atoms with Crippen LogP contribution >= 0.6 is 12.6 Å². The maximum absolute atomic E-state index is 13.6. The van der Waals surface area contributed by atoms with Gasteiger partial charge in [0.2, 0.25) is 0 Å². The minimum atomic E-state index is -1.10. The van der Waals surface area contributed by atoms with E-state index in [1.807, 2.05) is 0 Å². The molecule has 26 heavy (non-hydrogen) atoms. The first-order chi connectivity index (χ1) is 12.4. The van der Waals surface area contributed by atoms with Crippen molar-refractivity contribution in [2.24, 2.45) is 5.73 Å². The highest BCUT2D eigenvalue weighted by molar-refractivity contribution is 7.84. The van der Waals surface area contributed by atoms with Crippen molar-refractivity contribution in [3.05, 3.63) is 82.4 Å². The van der Waals surface area contributed by atoms with E-state index in [-0.39, 0.29) is 10.5 Å². The molecule has 0 aliphatic rings. The van der Waals surface area contributed by atoms with E-state index in [4.69, 9.17) is 5.73 Å². The Kier molecular flexibility index (Phi) is 6.52. The number of hydrogen-bond donors (Lipinski definition) is 2. The van der Waals surface area contributed by atoms with Crippen LogP contribution < -0.4 is 5.73 Å². The second kappa shape index (κ2) is 8.62. The molecule has 2 atom stereocenters. The van der Waals surface area contributed by atoms with Crippen LogP contribution in [0.2, 0.25) is 0 Å². The first-order valence-electron chi connectivity index (χ1n) is 7.78. The molecule has 0 fully saturated rings. The van der Waals surface area contributed by atoms with E-state index < -0.39 is 29.6 Å². The van der Waals surface area contributed by atoms with E-state index in [1.54, 1.807) is 37.3 Å². The Morgan fingerprint density at radius 2 is 1.73 bits per heavy atom. The van der Waals surface area contributed by atoms with E-state index in [0.717, 1.165) is 24.4 Å². The fourth-order valence-electron chi connectivity index (χ4n) is 2.63. The number of thiol groups is 1. The lowest BCUT2D eigenvalue weighted by atomic mass is 10.0. The molecule has 0 spiro atoms. The van der Waals surface area contributed by atoms with E-state index in [0.29, 0.717) is 11.8 Å². The predicted octanol–water partition coefficient (Wildman–Crippen LogP) is 3.47. The standard InChI is InChI=1S/C19H18F2N2O2S/c1-12(14-7-15(20)9-16(21)8-14)23(17(11-24)18(26)10-22)19(25)13-5-3-2-4-6-13/h2-12,17,26H,22H2,1H3/b18-10-. The number of aldehydes is 1. The van der Waals surface area contributed by atoms with Gasteiger partial charge in [-0.3, -0.25) is 4.79 Å². The van der Waals surface area contributed by atoms with E-state index in [2.05, 4.69) is 12.6 Å². The molecule has 0 aliphatic carbocycles. The summed E-state index contributed by atoms with van der Waals surface area (Å²) in [5.41, 5.74) is 5.98. The zero-order chi connectivity index (χ0) is 19.3. The minimum Gasteiger partial charge on any atom is -0.404 e. The molecule has 7 heteroatoms. The summed E-state index contributed by atoms with van der Waals surface area (Å²) in [5.74, 6) is -2.04. The third-order valence-electron chi connectivity index (χ3n) is 3.94. The lowest BCUT2D eigenvalue weighted by molar-refractivity contribution is -0.111. The molecular formula is C19H18F2N2O2S. The van der Waals surface area contributed by atoms with Gasteiger partial charge in [-0.1, -0.05) is 18.2 Å². The van der Waals surface area contributed by atoms with Gasteiger partial charge in [-0.2, -0.15) is 0 Å². The summed E-state index contributed by atoms with van der Waals surface area (Å²) in [5, 5.41) is 0. The van der Waals surface area contributed by atoms with Gasteiger partial charge in [0.1, 0.15) is 24.0 Å². The van der Waals surface area contributed by atoms with Crippen LogP contribution in [0.1, 0.15) is 28.9 Å². The van der Waals surface area contributed by atoms with Crippen LogP contribution in [0.3, 0.4) is 0 Å². The van der Waals surface area contributed by atoms with Gasteiger partial charge in [0.15, 0.2) is 0 Å². The van der Waals surface area contributed by atoms with Crippen LogP contribution in [0.15, 0.2) is 59.6 Å². The van der Waals surface area contributed by atoms with Crippen molar-refractivity contribution in [3.8, 4) is 0 Å². The fourth-order valence-corrected chi connectivity index (χ4v) is 2.81. The zero-order valence-corrected chi connectivity index (χ0v) is 14.9. The summed E-state index contributed by atoms with van der Waals surface area (Å²) in [6.07, 6.45) is 1.62. The third kappa shape index (κ3) is 4.29. The lowest BCUT2D eigenvalue weighted by Gasteiger charge is -2.34. The SMILES string of the molecule is CC(c1cc(F)cc(F)c1)N(C(=O)c1ccccc1)C(C=O)/C(S)=C/N. The summed E-state index contributed by atoms with van der Waals surface area (Å²) >= 11 is 4.16. The van der Waals surface area contributed by atoms with Gasteiger partial charge in [0.25, 0.3) is 5.91 Å².